The molecule has 1 heterocycles. The molecule has 0 aromatic carbocycles. The molecule has 0 saturated carbocycles. The van der Waals surface area contributed by atoms with Gasteiger partial charge in [0, 0.05) is 38.8 Å². The lowest BCUT2D eigenvalue weighted by Gasteiger charge is -2.30. The van der Waals surface area contributed by atoms with Gasteiger partial charge in [-0.1, -0.05) is 6.92 Å². The van der Waals surface area contributed by atoms with Crippen LogP contribution in [0.25, 0.3) is 0 Å². The van der Waals surface area contributed by atoms with Crippen molar-refractivity contribution in [1.82, 2.24) is 14.3 Å². The lowest BCUT2D eigenvalue weighted by molar-refractivity contribution is 0.370. The zero-order valence-corrected chi connectivity index (χ0v) is 9.89. The zero-order valence-electron chi connectivity index (χ0n) is 9.07. The van der Waals surface area contributed by atoms with Crippen LogP contribution < -0.4 is 15.8 Å². The van der Waals surface area contributed by atoms with Crippen molar-refractivity contribution >= 4 is 10.2 Å². The van der Waals surface area contributed by atoms with Crippen LogP contribution in [0.5, 0.6) is 0 Å². The highest BCUT2D eigenvalue weighted by atomic mass is 32.2. The predicted molar refractivity (Wildman–Crippen MR) is 59.6 cm³/mol. The predicted octanol–water partition coefficient (Wildman–Crippen LogP) is -1.54. The van der Waals surface area contributed by atoms with Crippen molar-refractivity contribution in [2.45, 2.75) is 19.4 Å². The Balaban J connectivity index is 2.53. The topological polar surface area (TPSA) is 87.5 Å². The lowest BCUT2D eigenvalue weighted by Crippen LogP contribution is -2.59. The van der Waals surface area contributed by atoms with E-state index in [1.54, 1.807) is 0 Å². The van der Waals surface area contributed by atoms with Crippen LogP contribution in [0.2, 0.25) is 0 Å². The second kappa shape index (κ2) is 5.76. The van der Waals surface area contributed by atoms with Crippen molar-refractivity contribution in [3.63, 3.8) is 0 Å². The Kier molecular flexibility index (Phi) is 4.94. The van der Waals surface area contributed by atoms with Crippen LogP contribution in [0.1, 0.15) is 13.3 Å². The molecule has 1 aliphatic heterocycles. The molecule has 1 rings (SSSR count). The fourth-order valence-electron chi connectivity index (χ4n) is 1.40. The summed E-state index contributed by atoms with van der Waals surface area (Å²) in [6, 6.07) is 0.0344. The summed E-state index contributed by atoms with van der Waals surface area (Å²) in [6.07, 6.45) is 0.795. The summed E-state index contributed by atoms with van der Waals surface area (Å²) in [7, 11) is -3.34. The molecule has 90 valence electrons. The van der Waals surface area contributed by atoms with Crippen LogP contribution in [-0.4, -0.2) is 51.5 Å². The Labute approximate surface area is 91.4 Å². The molecule has 0 atom stereocenters. The van der Waals surface area contributed by atoms with Gasteiger partial charge in [0.15, 0.2) is 0 Å². The van der Waals surface area contributed by atoms with Gasteiger partial charge in [0.1, 0.15) is 0 Å². The summed E-state index contributed by atoms with van der Waals surface area (Å²) in [5.74, 6) is 0. The van der Waals surface area contributed by atoms with Crippen molar-refractivity contribution in [1.29, 1.82) is 0 Å². The minimum Gasteiger partial charge on any atom is -0.329 e. The Morgan fingerprint density at radius 1 is 1.47 bits per heavy atom. The molecule has 0 bridgehead atoms. The van der Waals surface area contributed by atoms with Crippen molar-refractivity contribution in [3.8, 4) is 0 Å². The van der Waals surface area contributed by atoms with E-state index >= 15 is 0 Å². The standard InChI is InChI=1S/C8H20N4O2S/c1-2-4-12(5-3-9)15(13,14)11-8-6-10-7-8/h8,10-11H,2-7,9H2,1H3. The highest BCUT2D eigenvalue weighted by Crippen LogP contribution is 2.02. The molecule has 0 radical (unpaired) electrons. The first kappa shape index (κ1) is 12.9. The summed E-state index contributed by atoms with van der Waals surface area (Å²) in [5, 5.41) is 3.02. The maximum absolute atomic E-state index is 11.8. The van der Waals surface area contributed by atoms with Crippen LogP contribution in [0.4, 0.5) is 0 Å². The van der Waals surface area contributed by atoms with Gasteiger partial charge in [-0.15, -0.1) is 0 Å². The van der Waals surface area contributed by atoms with E-state index in [1.165, 1.54) is 4.31 Å². The number of nitrogens with one attached hydrogen (secondary N) is 2. The number of hydrogen-bond acceptors (Lipinski definition) is 4. The maximum atomic E-state index is 11.8. The molecule has 1 fully saturated rings. The second-order valence-corrected chi connectivity index (χ2v) is 5.37. The van der Waals surface area contributed by atoms with Crippen molar-refractivity contribution in [3.05, 3.63) is 0 Å². The van der Waals surface area contributed by atoms with E-state index in [-0.39, 0.29) is 6.04 Å². The van der Waals surface area contributed by atoms with Gasteiger partial charge in [-0.2, -0.15) is 17.4 Å². The zero-order chi connectivity index (χ0) is 11.3. The van der Waals surface area contributed by atoms with E-state index in [0.29, 0.717) is 32.7 Å². The highest BCUT2D eigenvalue weighted by Gasteiger charge is 2.27. The Morgan fingerprint density at radius 3 is 2.53 bits per heavy atom. The van der Waals surface area contributed by atoms with Crippen molar-refractivity contribution < 1.29 is 8.42 Å². The molecule has 0 aromatic rings. The first-order valence-corrected chi connectivity index (χ1v) is 6.72. The van der Waals surface area contributed by atoms with E-state index in [2.05, 4.69) is 10.0 Å². The van der Waals surface area contributed by atoms with Crippen LogP contribution >= 0.6 is 0 Å². The minimum absolute atomic E-state index is 0.0344. The van der Waals surface area contributed by atoms with Crippen LogP contribution in [0.15, 0.2) is 0 Å². The molecular formula is C8H20N4O2S. The molecule has 0 unspecified atom stereocenters. The normalized spacial score (nSPS) is 18.1. The molecular weight excluding hydrogens is 216 g/mol. The Hall–Kier alpha value is -0.210. The largest absolute Gasteiger partial charge is 0.329 e. The van der Waals surface area contributed by atoms with Gasteiger partial charge < -0.3 is 11.1 Å². The average molecular weight is 236 g/mol. The molecule has 4 N–H and O–H groups in total. The van der Waals surface area contributed by atoms with Gasteiger partial charge in [-0.25, -0.2) is 0 Å². The van der Waals surface area contributed by atoms with Crippen LogP contribution in [0.3, 0.4) is 0 Å². The molecule has 0 aromatic heterocycles. The van der Waals surface area contributed by atoms with Crippen LogP contribution in [-0.2, 0) is 10.2 Å². The molecule has 0 spiro atoms. The Bertz CT molecular complexity index is 270. The van der Waals surface area contributed by atoms with Crippen molar-refractivity contribution in [2.24, 2.45) is 5.73 Å². The third-order valence-electron chi connectivity index (χ3n) is 2.29. The molecule has 6 nitrogen and oxygen atoms in total. The third-order valence-corrected chi connectivity index (χ3v) is 3.96. The monoisotopic (exact) mass is 236 g/mol. The molecule has 0 amide bonds. The molecule has 7 heteroatoms. The fraction of sp³-hybridized carbons (Fsp3) is 1.00. The average Bonchev–Trinajstić information content (AvgIpc) is 2.11. The summed E-state index contributed by atoms with van der Waals surface area (Å²) >= 11 is 0. The smallest absolute Gasteiger partial charge is 0.279 e. The summed E-state index contributed by atoms with van der Waals surface area (Å²) in [4.78, 5) is 0. The third kappa shape index (κ3) is 3.69. The van der Waals surface area contributed by atoms with Gasteiger partial charge in [0.2, 0.25) is 0 Å². The number of rotatable bonds is 7. The first-order chi connectivity index (χ1) is 7.10. The molecule has 1 aliphatic rings. The molecule has 0 aliphatic carbocycles. The van der Waals surface area contributed by atoms with Crippen LogP contribution in [0, 0.1) is 0 Å². The van der Waals surface area contributed by atoms with Gasteiger partial charge in [-0.05, 0) is 6.42 Å². The number of nitrogens with zero attached hydrogens (tertiary/aromatic N) is 1. The summed E-state index contributed by atoms with van der Waals surface area (Å²) < 4.78 is 27.7. The molecule has 1 saturated heterocycles. The SMILES string of the molecule is CCCN(CCN)S(=O)(=O)NC1CNC1. The highest BCUT2D eigenvalue weighted by molar-refractivity contribution is 7.87. The quantitative estimate of drug-likeness (QED) is 0.500. The van der Waals surface area contributed by atoms with Gasteiger partial charge in [-0.3, -0.25) is 0 Å². The second-order valence-electron chi connectivity index (χ2n) is 3.67. The summed E-state index contributed by atoms with van der Waals surface area (Å²) in [6.45, 7) is 4.62. The van der Waals surface area contributed by atoms with Gasteiger partial charge >= 0.3 is 0 Å². The lowest BCUT2D eigenvalue weighted by atomic mass is 10.2. The maximum Gasteiger partial charge on any atom is 0.279 e. The first-order valence-electron chi connectivity index (χ1n) is 5.28. The minimum atomic E-state index is -3.34. The number of hydrogen-bond donors (Lipinski definition) is 3. The van der Waals surface area contributed by atoms with E-state index in [0.717, 1.165) is 6.42 Å². The number of nitrogens with two attached hydrogens (primary N) is 1. The van der Waals surface area contributed by atoms with E-state index in [4.69, 9.17) is 5.73 Å². The molecule has 15 heavy (non-hydrogen) atoms. The van der Waals surface area contributed by atoms with Gasteiger partial charge in [0.05, 0.1) is 0 Å². The van der Waals surface area contributed by atoms with E-state index in [9.17, 15) is 8.42 Å². The Morgan fingerprint density at radius 2 is 2.13 bits per heavy atom. The van der Waals surface area contributed by atoms with E-state index in [1.807, 2.05) is 6.92 Å². The van der Waals surface area contributed by atoms with E-state index < -0.39 is 10.2 Å². The summed E-state index contributed by atoms with van der Waals surface area (Å²) in [5.41, 5.74) is 5.39. The van der Waals surface area contributed by atoms with Gasteiger partial charge in [0.25, 0.3) is 10.2 Å². The van der Waals surface area contributed by atoms with Crippen molar-refractivity contribution in [2.75, 3.05) is 32.7 Å². The fourth-order valence-corrected chi connectivity index (χ4v) is 2.91.